The fourth-order valence-corrected chi connectivity index (χ4v) is 4.20. The Kier molecular flexibility index (Phi) is 10.4. The molecule has 2 fully saturated rings. The zero-order valence-corrected chi connectivity index (χ0v) is 22.1. The Morgan fingerprint density at radius 1 is 1.15 bits per heavy atom. The van der Waals surface area contributed by atoms with Gasteiger partial charge in [0.25, 0.3) is 0 Å². The fourth-order valence-electron chi connectivity index (χ4n) is 4.20. The van der Waals surface area contributed by atoms with Crippen LogP contribution in [0.4, 0.5) is 0 Å². The molecule has 1 unspecified atom stereocenters. The van der Waals surface area contributed by atoms with E-state index in [1.165, 1.54) is 18.4 Å². The van der Waals surface area contributed by atoms with Crippen LogP contribution in [0.25, 0.3) is 0 Å². The molecule has 1 aromatic carbocycles. The molecule has 8 nitrogen and oxygen atoms in total. The third-order valence-electron chi connectivity index (χ3n) is 6.37. The number of piperidine rings is 1. The van der Waals surface area contributed by atoms with Crippen LogP contribution < -0.4 is 5.32 Å². The van der Waals surface area contributed by atoms with E-state index in [0.29, 0.717) is 19.2 Å². The second kappa shape index (κ2) is 13.2. The van der Waals surface area contributed by atoms with Crippen LogP contribution in [0.3, 0.4) is 0 Å². The Balaban J connectivity index is 0.00000306. The van der Waals surface area contributed by atoms with Gasteiger partial charge < -0.3 is 24.3 Å². The van der Waals surface area contributed by atoms with Crippen molar-refractivity contribution in [2.75, 3.05) is 26.3 Å². The third-order valence-corrected chi connectivity index (χ3v) is 6.37. The van der Waals surface area contributed by atoms with Gasteiger partial charge in [0.05, 0.1) is 31.9 Å². The number of halogens is 1. The van der Waals surface area contributed by atoms with Crippen LogP contribution in [0.5, 0.6) is 0 Å². The summed E-state index contributed by atoms with van der Waals surface area (Å²) in [5.41, 5.74) is 1.20. The first kappa shape index (κ1) is 25.9. The number of hydrogen-bond acceptors (Lipinski definition) is 5. The lowest BCUT2D eigenvalue weighted by atomic mass is 10.1. The number of aromatic nitrogens is 3. The van der Waals surface area contributed by atoms with Gasteiger partial charge in [-0.3, -0.25) is 0 Å². The molecule has 1 aromatic heterocycles. The number of aliphatic imine (C=N–C) groups is 1. The highest BCUT2D eigenvalue weighted by atomic mass is 127. The molecule has 0 spiro atoms. The van der Waals surface area contributed by atoms with E-state index in [0.717, 1.165) is 63.2 Å². The van der Waals surface area contributed by atoms with Crippen molar-refractivity contribution in [2.24, 2.45) is 12.0 Å². The van der Waals surface area contributed by atoms with Crippen molar-refractivity contribution in [2.45, 2.75) is 64.3 Å². The minimum absolute atomic E-state index is 0. The van der Waals surface area contributed by atoms with Crippen molar-refractivity contribution < 1.29 is 9.47 Å². The molecule has 1 N–H and O–H groups in total. The van der Waals surface area contributed by atoms with E-state index >= 15 is 0 Å². The molecule has 0 aliphatic carbocycles. The van der Waals surface area contributed by atoms with E-state index in [-0.39, 0.29) is 30.1 Å². The summed E-state index contributed by atoms with van der Waals surface area (Å²) in [5, 5.41) is 12.0. The number of likely N-dealkylation sites (tertiary alicyclic amines) is 1. The maximum Gasteiger partial charge on any atom is 0.194 e. The highest BCUT2D eigenvalue weighted by molar-refractivity contribution is 14.0. The molecular formula is C24H37IN6O2. The average Bonchev–Trinajstić information content (AvgIpc) is 3.17. The van der Waals surface area contributed by atoms with E-state index < -0.39 is 0 Å². The highest BCUT2D eigenvalue weighted by Gasteiger charge is 2.24. The average molecular weight is 569 g/mol. The number of rotatable bonds is 7. The van der Waals surface area contributed by atoms with Crippen molar-refractivity contribution in [3.63, 3.8) is 0 Å². The lowest BCUT2D eigenvalue weighted by Gasteiger charge is -2.35. The summed E-state index contributed by atoms with van der Waals surface area (Å²) >= 11 is 0. The smallest absolute Gasteiger partial charge is 0.194 e. The lowest BCUT2D eigenvalue weighted by molar-refractivity contribution is -0.0721. The fraction of sp³-hybridized carbons (Fsp3) is 0.625. The van der Waals surface area contributed by atoms with Crippen molar-refractivity contribution in [1.29, 1.82) is 0 Å². The van der Waals surface area contributed by atoms with E-state index in [4.69, 9.17) is 14.5 Å². The third kappa shape index (κ3) is 7.65. The molecule has 2 aliphatic rings. The van der Waals surface area contributed by atoms with Crippen LogP contribution in [0.1, 0.15) is 49.3 Å². The molecule has 33 heavy (non-hydrogen) atoms. The number of aryl methyl sites for hydroxylation is 1. The van der Waals surface area contributed by atoms with E-state index in [9.17, 15) is 0 Å². The second-order valence-corrected chi connectivity index (χ2v) is 8.71. The molecule has 4 rings (SSSR count). The number of ether oxygens (including phenoxy) is 2. The van der Waals surface area contributed by atoms with Gasteiger partial charge in [-0.2, -0.15) is 0 Å². The molecule has 9 heteroatoms. The summed E-state index contributed by atoms with van der Waals surface area (Å²) in [4.78, 5) is 7.26. The molecule has 0 bridgehead atoms. The molecule has 182 valence electrons. The summed E-state index contributed by atoms with van der Waals surface area (Å²) in [6.45, 7) is 6.66. The van der Waals surface area contributed by atoms with E-state index in [2.05, 4.69) is 44.7 Å². The maximum atomic E-state index is 6.19. The molecule has 0 radical (unpaired) electrons. The minimum Gasteiger partial charge on any atom is -0.376 e. The number of nitrogens with one attached hydrogen (secondary N) is 1. The molecule has 0 saturated carbocycles. The van der Waals surface area contributed by atoms with Crippen molar-refractivity contribution in [1.82, 2.24) is 25.0 Å². The van der Waals surface area contributed by atoms with Gasteiger partial charge >= 0.3 is 0 Å². The molecule has 0 amide bonds. The Morgan fingerprint density at radius 3 is 2.61 bits per heavy atom. The van der Waals surface area contributed by atoms with Crippen LogP contribution in [0.15, 0.2) is 35.3 Å². The van der Waals surface area contributed by atoms with Gasteiger partial charge in [0.1, 0.15) is 5.82 Å². The van der Waals surface area contributed by atoms with Gasteiger partial charge in [0.15, 0.2) is 11.8 Å². The quantitative estimate of drug-likeness (QED) is 0.314. The summed E-state index contributed by atoms with van der Waals surface area (Å²) in [6, 6.07) is 10.4. The second-order valence-electron chi connectivity index (χ2n) is 8.71. The monoisotopic (exact) mass is 568 g/mol. The number of hydrogen-bond donors (Lipinski definition) is 1. The van der Waals surface area contributed by atoms with Crippen LogP contribution in [0.2, 0.25) is 0 Å². The van der Waals surface area contributed by atoms with E-state index in [1.54, 1.807) is 0 Å². The Bertz CT molecular complexity index is 861. The Hall–Kier alpha value is -1.72. The largest absolute Gasteiger partial charge is 0.376 e. The first-order valence-corrected chi connectivity index (χ1v) is 11.8. The standard InChI is InChI=1S/C24H36N6O2.HI/c1-19-27-28-23(29(19)2)17-26-24(25-16-20-8-4-3-5-9-20)30-13-11-21(12-14-30)32-18-22-10-6-7-15-31-22;/h3-5,8-9,21-22H,6-7,10-18H2,1-2H3,(H,25,26);1H. The summed E-state index contributed by atoms with van der Waals surface area (Å²) < 4.78 is 14.0. The van der Waals surface area contributed by atoms with Gasteiger partial charge in [-0.25, -0.2) is 4.99 Å². The first-order chi connectivity index (χ1) is 15.7. The van der Waals surface area contributed by atoms with E-state index in [1.807, 2.05) is 24.6 Å². The summed E-state index contributed by atoms with van der Waals surface area (Å²) in [5.74, 6) is 2.73. The van der Waals surface area contributed by atoms with Crippen molar-refractivity contribution in [3.8, 4) is 0 Å². The predicted octanol–water partition coefficient (Wildman–Crippen LogP) is 3.44. The minimum atomic E-state index is 0. The van der Waals surface area contributed by atoms with Gasteiger partial charge in [-0.15, -0.1) is 34.2 Å². The van der Waals surface area contributed by atoms with Gasteiger partial charge in [0, 0.05) is 26.7 Å². The lowest BCUT2D eigenvalue weighted by Crippen LogP contribution is -2.47. The van der Waals surface area contributed by atoms with Crippen LogP contribution >= 0.6 is 24.0 Å². The zero-order valence-electron chi connectivity index (χ0n) is 19.8. The van der Waals surface area contributed by atoms with Crippen molar-refractivity contribution in [3.05, 3.63) is 47.5 Å². The zero-order chi connectivity index (χ0) is 22.2. The molecule has 2 aliphatic heterocycles. The van der Waals surface area contributed by atoms with Gasteiger partial charge in [0.2, 0.25) is 0 Å². The van der Waals surface area contributed by atoms with Gasteiger partial charge in [-0.05, 0) is 44.6 Å². The molecule has 3 heterocycles. The SMILES string of the molecule is Cc1nnc(CNC(=NCc2ccccc2)N2CCC(OCC3CCCCO3)CC2)n1C.I. The number of benzene rings is 1. The number of guanidine groups is 1. The predicted molar refractivity (Wildman–Crippen MR) is 140 cm³/mol. The summed E-state index contributed by atoms with van der Waals surface area (Å²) in [7, 11) is 1.99. The molecule has 2 saturated heterocycles. The molecule has 2 aromatic rings. The maximum absolute atomic E-state index is 6.19. The van der Waals surface area contributed by atoms with Crippen LogP contribution in [-0.2, 0) is 29.6 Å². The van der Waals surface area contributed by atoms with Crippen LogP contribution in [-0.4, -0.2) is 64.1 Å². The topological polar surface area (TPSA) is 76.8 Å². The number of nitrogens with zero attached hydrogens (tertiary/aromatic N) is 5. The van der Waals surface area contributed by atoms with Crippen molar-refractivity contribution >= 4 is 29.9 Å². The molecular weight excluding hydrogens is 531 g/mol. The Morgan fingerprint density at radius 2 is 1.94 bits per heavy atom. The Labute approximate surface area is 214 Å². The van der Waals surface area contributed by atoms with Gasteiger partial charge in [-0.1, -0.05) is 30.3 Å². The summed E-state index contributed by atoms with van der Waals surface area (Å²) in [6.07, 6.45) is 6.14. The van der Waals surface area contributed by atoms with Crippen LogP contribution in [0, 0.1) is 6.92 Å². The highest BCUT2D eigenvalue weighted by Crippen LogP contribution is 2.18. The molecule has 1 atom stereocenters. The first-order valence-electron chi connectivity index (χ1n) is 11.8. The normalized spacial score (nSPS) is 19.9.